The molecule has 0 aromatic carbocycles. The molecule has 0 aliphatic rings. The Morgan fingerprint density at radius 3 is 2.67 bits per heavy atom. The first kappa shape index (κ1) is 11.7. The van der Waals surface area contributed by atoms with Crippen LogP contribution >= 0.6 is 11.8 Å². The minimum atomic E-state index is -0.904. The van der Waals surface area contributed by atoms with Crippen molar-refractivity contribution in [3.63, 3.8) is 0 Å². The fraction of sp³-hybridized carbons (Fsp3) is 0.857. The van der Waals surface area contributed by atoms with E-state index in [0.29, 0.717) is 12.4 Å². The van der Waals surface area contributed by atoms with Crippen LogP contribution in [-0.4, -0.2) is 36.7 Å². The van der Waals surface area contributed by atoms with Crippen LogP contribution in [0.3, 0.4) is 0 Å². The van der Waals surface area contributed by atoms with Crippen LogP contribution in [0.1, 0.15) is 6.92 Å². The molecule has 12 heavy (non-hydrogen) atoms. The van der Waals surface area contributed by atoms with Crippen molar-refractivity contribution in [2.75, 3.05) is 25.2 Å². The number of hydrogen-bond acceptors (Lipinski definition) is 4. The predicted molar refractivity (Wildman–Crippen MR) is 51.0 cm³/mol. The van der Waals surface area contributed by atoms with Gasteiger partial charge in [-0.15, -0.1) is 0 Å². The van der Waals surface area contributed by atoms with Gasteiger partial charge in [0.1, 0.15) is 5.54 Å². The lowest BCUT2D eigenvalue weighted by Gasteiger charge is -2.19. The van der Waals surface area contributed by atoms with E-state index in [0.717, 1.165) is 5.75 Å². The van der Waals surface area contributed by atoms with Gasteiger partial charge in [0, 0.05) is 18.6 Å². The monoisotopic (exact) mass is 192 g/mol. The van der Waals surface area contributed by atoms with Crippen LogP contribution in [0, 0.1) is 0 Å². The molecule has 1 unspecified atom stereocenters. The number of ether oxygens (including phenoxy) is 1. The Bertz CT molecular complexity index is 150. The molecule has 0 aliphatic carbocycles. The second-order valence-corrected chi connectivity index (χ2v) is 3.93. The first-order valence-electron chi connectivity index (χ1n) is 3.66. The van der Waals surface area contributed by atoms with Crippen molar-refractivity contribution in [3.05, 3.63) is 0 Å². The zero-order valence-electron chi connectivity index (χ0n) is 7.50. The molecule has 0 bridgehead atoms. The number of hydrogen-bond donors (Lipinski definition) is 2. The molecule has 0 saturated carbocycles. The molecule has 72 valence electrons. The summed E-state index contributed by atoms with van der Waals surface area (Å²) >= 11 is 1.56. The van der Waals surface area contributed by atoms with Crippen molar-refractivity contribution in [3.8, 4) is 0 Å². The summed E-state index contributed by atoms with van der Waals surface area (Å²) in [5, 5.41) is 0. The maximum absolute atomic E-state index is 10.7. The van der Waals surface area contributed by atoms with E-state index in [1.165, 1.54) is 0 Å². The predicted octanol–water partition coefficient (Wildman–Crippen LogP) is -0.431. The lowest BCUT2D eigenvalue weighted by Crippen LogP contribution is -2.51. The van der Waals surface area contributed by atoms with Crippen LogP contribution in [-0.2, 0) is 9.53 Å². The van der Waals surface area contributed by atoms with E-state index < -0.39 is 11.4 Å². The minimum absolute atomic E-state index is 0.465. The number of carbonyl (C=O) groups is 1. The van der Waals surface area contributed by atoms with E-state index in [2.05, 4.69) is 0 Å². The van der Waals surface area contributed by atoms with Crippen molar-refractivity contribution in [1.29, 1.82) is 0 Å². The maximum Gasteiger partial charge on any atom is 0.238 e. The van der Waals surface area contributed by atoms with Gasteiger partial charge in [-0.2, -0.15) is 11.8 Å². The second-order valence-electron chi connectivity index (χ2n) is 2.83. The molecule has 4 nitrogen and oxygen atoms in total. The van der Waals surface area contributed by atoms with Gasteiger partial charge < -0.3 is 16.2 Å². The van der Waals surface area contributed by atoms with Crippen LogP contribution in [0.5, 0.6) is 0 Å². The van der Waals surface area contributed by atoms with Gasteiger partial charge >= 0.3 is 0 Å². The molecule has 0 heterocycles. The molecular weight excluding hydrogens is 176 g/mol. The van der Waals surface area contributed by atoms with Crippen LogP contribution in [0.25, 0.3) is 0 Å². The van der Waals surface area contributed by atoms with Crippen LogP contribution < -0.4 is 11.5 Å². The molecule has 5 heteroatoms. The van der Waals surface area contributed by atoms with Crippen molar-refractivity contribution in [2.45, 2.75) is 12.5 Å². The van der Waals surface area contributed by atoms with E-state index >= 15 is 0 Å². The summed E-state index contributed by atoms with van der Waals surface area (Å²) in [7, 11) is 1.64. The molecule has 1 amide bonds. The number of methoxy groups -OCH3 is 1. The first-order chi connectivity index (χ1) is 5.50. The number of primary amides is 1. The second kappa shape index (κ2) is 5.40. The highest BCUT2D eigenvalue weighted by Crippen LogP contribution is 2.09. The summed E-state index contributed by atoms with van der Waals surface area (Å²) in [6.45, 7) is 2.30. The van der Waals surface area contributed by atoms with Gasteiger partial charge in [0.25, 0.3) is 0 Å². The summed E-state index contributed by atoms with van der Waals surface area (Å²) in [6, 6.07) is 0. The highest BCUT2D eigenvalue weighted by Gasteiger charge is 2.24. The molecule has 0 spiro atoms. The molecule has 0 rings (SSSR count). The SMILES string of the molecule is COCCSCC(C)(N)C(N)=O. The smallest absolute Gasteiger partial charge is 0.238 e. The zero-order chi connectivity index (χ0) is 9.61. The summed E-state index contributed by atoms with van der Waals surface area (Å²) in [5.41, 5.74) is 9.78. The number of amides is 1. The third-order valence-electron chi connectivity index (χ3n) is 1.40. The van der Waals surface area contributed by atoms with Crippen LogP contribution in [0.15, 0.2) is 0 Å². The molecule has 0 radical (unpaired) electrons. The summed E-state index contributed by atoms with van der Waals surface area (Å²) < 4.78 is 4.84. The quantitative estimate of drug-likeness (QED) is 0.560. The Hall–Kier alpha value is -0.260. The first-order valence-corrected chi connectivity index (χ1v) is 4.81. The Morgan fingerprint density at radius 1 is 1.67 bits per heavy atom. The number of nitrogens with two attached hydrogens (primary N) is 2. The van der Waals surface area contributed by atoms with E-state index in [1.807, 2.05) is 0 Å². The van der Waals surface area contributed by atoms with Crippen LogP contribution in [0.4, 0.5) is 0 Å². The van der Waals surface area contributed by atoms with Gasteiger partial charge in [-0.1, -0.05) is 0 Å². The molecule has 0 saturated heterocycles. The van der Waals surface area contributed by atoms with Crippen molar-refractivity contribution in [1.82, 2.24) is 0 Å². The summed E-state index contributed by atoms with van der Waals surface area (Å²) in [5.74, 6) is 0.898. The third kappa shape index (κ3) is 4.58. The number of thioether (sulfide) groups is 1. The van der Waals surface area contributed by atoms with Gasteiger partial charge in [-0.25, -0.2) is 0 Å². The van der Waals surface area contributed by atoms with Crippen molar-refractivity contribution in [2.24, 2.45) is 11.5 Å². The lowest BCUT2D eigenvalue weighted by atomic mass is 10.1. The molecule has 0 aromatic rings. The van der Waals surface area contributed by atoms with E-state index in [-0.39, 0.29) is 0 Å². The molecule has 0 aromatic heterocycles. The normalized spacial score (nSPS) is 15.6. The highest BCUT2D eigenvalue weighted by atomic mass is 32.2. The van der Waals surface area contributed by atoms with Gasteiger partial charge in [-0.05, 0) is 6.92 Å². The molecular formula is C7H16N2O2S. The fourth-order valence-electron chi connectivity index (χ4n) is 0.498. The summed E-state index contributed by atoms with van der Waals surface area (Å²) in [6.07, 6.45) is 0. The van der Waals surface area contributed by atoms with Crippen LogP contribution in [0.2, 0.25) is 0 Å². The van der Waals surface area contributed by atoms with E-state index in [1.54, 1.807) is 25.8 Å². The lowest BCUT2D eigenvalue weighted by molar-refractivity contribution is -0.121. The van der Waals surface area contributed by atoms with E-state index in [9.17, 15) is 4.79 Å². The Kier molecular flexibility index (Phi) is 5.28. The number of carbonyl (C=O) groups excluding carboxylic acids is 1. The average molecular weight is 192 g/mol. The van der Waals surface area contributed by atoms with Gasteiger partial charge in [0.15, 0.2) is 0 Å². The highest BCUT2D eigenvalue weighted by molar-refractivity contribution is 7.99. The fourth-order valence-corrected chi connectivity index (χ4v) is 1.49. The average Bonchev–Trinajstić information content (AvgIpc) is 1.98. The Labute approximate surface area is 77.0 Å². The van der Waals surface area contributed by atoms with Crippen molar-refractivity contribution < 1.29 is 9.53 Å². The summed E-state index contributed by atoms with van der Waals surface area (Å²) in [4.78, 5) is 10.7. The molecule has 0 fully saturated rings. The third-order valence-corrected chi connectivity index (χ3v) is 2.66. The zero-order valence-corrected chi connectivity index (χ0v) is 8.32. The molecule has 1 atom stereocenters. The largest absolute Gasteiger partial charge is 0.384 e. The Balaban J connectivity index is 3.54. The molecule has 4 N–H and O–H groups in total. The van der Waals surface area contributed by atoms with Crippen molar-refractivity contribution >= 4 is 17.7 Å². The van der Waals surface area contributed by atoms with E-state index in [4.69, 9.17) is 16.2 Å². The van der Waals surface area contributed by atoms with Gasteiger partial charge in [0.05, 0.1) is 6.61 Å². The standard InChI is InChI=1S/C7H16N2O2S/c1-7(9,6(8)10)5-12-4-3-11-2/h3-5,9H2,1-2H3,(H2,8,10). The topological polar surface area (TPSA) is 78.3 Å². The minimum Gasteiger partial charge on any atom is -0.384 e. The molecule has 0 aliphatic heterocycles. The van der Waals surface area contributed by atoms with Gasteiger partial charge in [-0.3, -0.25) is 4.79 Å². The Morgan fingerprint density at radius 2 is 2.25 bits per heavy atom. The van der Waals surface area contributed by atoms with Gasteiger partial charge in [0.2, 0.25) is 5.91 Å². The maximum atomic E-state index is 10.7. The number of rotatable bonds is 6.